The molecule has 2 aromatic rings. The second-order valence-corrected chi connectivity index (χ2v) is 5.24. The molecule has 0 N–H and O–H groups in total. The molecule has 0 saturated heterocycles. The molecule has 0 spiro atoms. The summed E-state index contributed by atoms with van der Waals surface area (Å²) >= 11 is 5.98. The van der Waals surface area contributed by atoms with E-state index < -0.39 is 4.92 Å². The molecule has 1 aliphatic heterocycles. The van der Waals surface area contributed by atoms with Crippen LogP contribution in [0.1, 0.15) is 5.56 Å². The fourth-order valence-electron chi connectivity index (χ4n) is 2.30. The lowest BCUT2D eigenvalue weighted by molar-refractivity contribution is -0.384. The molecule has 0 bridgehead atoms. The van der Waals surface area contributed by atoms with Gasteiger partial charge in [0.2, 0.25) is 0 Å². The average molecular weight is 319 g/mol. The topological polar surface area (TPSA) is 72.7 Å². The Bertz CT molecular complexity index is 763. The number of amides is 1. The van der Waals surface area contributed by atoms with Crippen LogP contribution in [0.3, 0.4) is 0 Å². The van der Waals surface area contributed by atoms with Crippen molar-refractivity contribution < 1.29 is 14.5 Å². The molecule has 112 valence electrons. The second kappa shape index (κ2) is 5.65. The number of nitro groups is 1. The Morgan fingerprint density at radius 3 is 2.86 bits per heavy atom. The molecule has 0 radical (unpaired) electrons. The van der Waals surface area contributed by atoms with E-state index in [1.54, 1.807) is 30.3 Å². The van der Waals surface area contributed by atoms with E-state index in [1.165, 1.54) is 17.0 Å². The van der Waals surface area contributed by atoms with E-state index in [4.69, 9.17) is 16.3 Å². The van der Waals surface area contributed by atoms with E-state index in [0.29, 0.717) is 22.0 Å². The summed E-state index contributed by atoms with van der Waals surface area (Å²) in [5, 5.41) is 11.3. The number of non-ortho nitro benzene ring substituents is 1. The first-order valence-electron chi connectivity index (χ1n) is 6.50. The van der Waals surface area contributed by atoms with Gasteiger partial charge in [0, 0.05) is 17.2 Å². The van der Waals surface area contributed by atoms with E-state index >= 15 is 0 Å². The third-order valence-electron chi connectivity index (χ3n) is 3.33. The monoisotopic (exact) mass is 318 g/mol. The van der Waals surface area contributed by atoms with Crippen molar-refractivity contribution in [3.8, 4) is 5.75 Å². The number of anilines is 1. The highest BCUT2D eigenvalue weighted by Crippen LogP contribution is 2.35. The summed E-state index contributed by atoms with van der Waals surface area (Å²) in [5.74, 6) is 0.343. The molecule has 2 aromatic carbocycles. The van der Waals surface area contributed by atoms with Gasteiger partial charge < -0.3 is 9.64 Å². The standard InChI is InChI=1S/C15H11ClN2O4/c16-11-4-5-14-13(7-11)17(15(19)9-22-14)8-10-2-1-3-12(6-10)18(20)21/h1-7H,8-9H2. The number of rotatable bonds is 3. The molecule has 7 heteroatoms. The maximum atomic E-state index is 12.1. The van der Waals surface area contributed by atoms with Crippen molar-refractivity contribution >= 4 is 28.9 Å². The van der Waals surface area contributed by atoms with Crippen LogP contribution in [0.25, 0.3) is 0 Å². The minimum absolute atomic E-state index is 0.00970. The average Bonchev–Trinajstić information content (AvgIpc) is 2.50. The van der Waals surface area contributed by atoms with Crippen LogP contribution in [0.5, 0.6) is 5.75 Å². The molecule has 0 saturated carbocycles. The molecule has 0 aromatic heterocycles. The van der Waals surface area contributed by atoms with E-state index in [2.05, 4.69) is 0 Å². The number of halogens is 1. The maximum absolute atomic E-state index is 12.1. The van der Waals surface area contributed by atoms with Crippen LogP contribution in [0.4, 0.5) is 11.4 Å². The zero-order chi connectivity index (χ0) is 15.7. The molecule has 0 unspecified atom stereocenters. The van der Waals surface area contributed by atoms with Crippen LogP contribution in [-0.2, 0) is 11.3 Å². The molecular formula is C15H11ClN2O4. The summed E-state index contributed by atoms with van der Waals surface area (Å²) in [6, 6.07) is 11.2. The van der Waals surface area contributed by atoms with Gasteiger partial charge in [-0.25, -0.2) is 0 Å². The van der Waals surface area contributed by atoms with Gasteiger partial charge in [-0.3, -0.25) is 14.9 Å². The van der Waals surface area contributed by atoms with Crippen LogP contribution in [0.2, 0.25) is 5.02 Å². The van der Waals surface area contributed by atoms with Crippen LogP contribution in [-0.4, -0.2) is 17.4 Å². The van der Waals surface area contributed by atoms with Gasteiger partial charge in [-0.2, -0.15) is 0 Å². The van der Waals surface area contributed by atoms with E-state index in [0.717, 1.165) is 0 Å². The van der Waals surface area contributed by atoms with E-state index in [1.807, 2.05) is 0 Å². The molecule has 0 aliphatic carbocycles. The quantitative estimate of drug-likeness (QED) is 0.643. The SMILES string of the molecule is O=C1COc2ccc(Cl)cc2N1Cc1cccc([N+](=O)[O-])c1. The number of hydrogen-bond acceptors (Lipinski definition) is 4. The Labute approximate surface area is 131 Å². The first-order chi connectivity index (χ1) is 10.5. The first-order valence-corrected chi connectivity index (χ1v) is 6.88. The van der Waals surface area contributed by atoms with Gasteiger partial charge in [0.25, 0.3) is 11.6 Å². The van der Waals surface area contributed by atoms with Gasteiger partial charge in [0.05, 0.1) is 17.2 Å². The Kier molecular flexibility index (Phi) is 3.68. The van der Waals surface area contributed by atoms with Crippen molar-refractivity contribution in [3.05, 3.63) is 63.2 Å². The molecule has 6 nitrogen and oxygen atoms in total. The lowest BCUT2D eigenvalue weighted by atomic mass is 10.1. The molecule has 0 fully saturated rings. The molecule has 1 heterocycles. The van der Waals surface area contributed by atoms with Gasteiger partial charge in [0.15, 0.2) is 6.61 Å². The summed E-state index contributed by atoms with van der Waals surface area (Å²) in [4.78, 5) is 24.0. The fraction of sp³-hybridized carbons (Fsp3) is 0.133. The van der Waals surface area contributed by atoms with E-state index in [9.17, 15) is 14.9 Å². The van der Waals surface area contributed by atoms with Gasteiger partial charge in [-0.05, 0) is 23.8 Å². The molecule has 1 amide bonds. The van der Waals surface area contributed by atoms with Crippen LogP contribution < -0.4 is 9.64 Å². The Morgan fingerprint density at radius 2 is 2.09 bits per heavy atom. The second-order valence-electron chi connectivity index (χ2n) is 4.81. The van der Waals surface area contributed by atoms with Crippen molar-refractivity contribution in [2.45, 2.75) is 6.54 Å². The maximum Gasteiger partial charge on any atom is 0.269 e. The number of hydrogen-bond donors (Lipinski definition) is 0. The van der Waals surface area contributed by atoms with Crippen LogP contribution >= 0.6 is 11.6 Å². The lowest BCUT2D eigenvalue weighted by Gasteiger charge is -2.29. The number of nitro benzene ring substituents is 1. The number of nitrogens with zero attached hydrogens (tertiary/aromatic N) is 2. The van der Waals surface area contributed by atoms with E-state index in [-0.39, 0.29) is 24.7 Å². The number of carbonyl (C=O) groups is 1. The Balaban J connectivity index is 1.95. The summed E-state index contributed by atoms with van der Waals surface area (Å²) < 4.78 is 5.36. The largest absolute Gasteiger partial charge is 0.482 e. The van der Waals surface area contributed by atoms with Crippen molar-refractivity contribution in [1.29, 1.82) is 0 Å². The zero-order valence-corrected chi connectivity index (χ0v) is 12.1. The predicted molar refractivity (Wildman–Crippen MR) is 81.2 cm³/mol. The summed E-state index contributed by atoms with van der Waals surface area (Å²) in [7, 11) is 0. The number of carbonyl (C=O) groups excluding carboxylic acids is 1. The van der Waals surface area contributed by atoms with Crippen molar-refractivity contribution in [2.24, 2.45) is 0 Å². The molecule has 3 rings (SSSR count). The van der Waals surface area contributed by atoms with Gasteiger partial charge in [-0.15, -0.1) is 0 Å². The predicted octanol–water partition coefficient (Wildman–Crippen LogP) is 3.17. The molecule has 1 aliphatic rings. The summed E-state index contributed by atoms with van der Waals surface area (Å²) in [6.07, 6.45) is 0. The third kappa shape index (κ3) is 2.73. The van der Waals surface area contributed by atoms with Gasteiger partial charge >= 0.3 is 0 Å². The smallest absolute Gasteiger partial charge is 0.269 e. The highest BCUT2D eigenvalue weighted by Gasteiger charge is 2.26. The van der Waals surface area contributed by atoms with Crippen molar-refractivity contribution in [3.63, 3.8) is 0 Å². The fourth-order valence-corrected chi connectivity index (χ4v) is 2.47. The summed E-state index contributed by atoms with van der Waals surface area (Å²) in [5.41, 5.74) is 1.22. The molecule has 0 atom stereocenters. The minimum atomic E-state index is -0.463. The minimum Gasteiger partial charge on any atom is -0.482 e. The Hall–Kier alpha value is -2.60. The number of fused-ring (bicyclic) bond motifs is 1. The number of ether oxygens (including phenoxy) is 1. The first kappa shape index (κ1) is 14.3. The Morgan fingerprint density at radius 1 is 1.27 bits per heavy atom. The van der Waals surface area contributed by atoms with Gasteiger partial charge in [-0.1, -0.05) is 23.7 Å². The van der Waals surface area contributed by atoms with Crippen LogP contribution in [0.15, 0.2) is 42.5 Å². The highest BCUT2D eigenvalue weighted by molar-refractivity contribution is 6.31. The molecular weight excluding hydrogens is 308 g/mol. The lowest BCUT2D eigenvalue weighted by Crippen LogP contribution is -2.38. The normalized spacial score (nSPS) is 13.5. The zero-order valence-electron chi connectivity index (χ0n) is 11.4. The third-order valence-corrected chi connectivity index (χ3v) is 3.56. The van der Waals surface area contributed by atoms with Crippen molar-refractivity contribution in [2.75, 3.05) is 11.5 Å². The highest BCUT2D eigenvalue weighted by atomic mass is 35.5. The number of benzene rings is 2. The van der Waals surface area contributed by atoms with Crippen LogP contribution in [0, 0.1) is 10.1 Å². The summed E-state index contributed by atoms with van der Waals surface area (Å²) in [6.45, 7) is 0.154. The van der Waals surface area contributed by atoms with Gasteiger partial charge in [0.1, 0.15) is 5.75 Å². The molecule has 22 heavy (non-hydrogen) atoms. The van der Waals surface area contributed by atoms with Crippen molar-refractivity contribution in [1.82, 2.24) is 0 Å².